The first-order valence-corrected chi connectivity index (χ1v) is 7.33. The fourth-order valence-corrected chi connectivity index (χ4v) is 1.69. The van der Waals surface area contributed by atoms with Crippen molar-refractivity contribution in [3.63, 3.8) is 0 Å². The molecule has 118 valence electrons. The Morgan fingerprint density at radius 3 is 2.24 bits per heavy atom. The lowest BCUT2D eigenvalue weighted by atomic mass is 9.74. The highest BCUT2D eigenvalue weighted by Gasteiger charge is 2.40. The number of hydrogen-bond acceptors (Lipinski definition) is 3. The summed E-state index contributed by atoms with van der Waals surface area (Å²) in [5.74, 6) is 0.717. The molecule has 0 aliphatic rings. The van der Waals surface area contributed by atoms with E-state index in [0.29, 0.717) is 0 Å². The molecule has 0 aliphatic heterocycles. The number of amides is 1. The van der Waals surface area contributed by atoms with E-state index in [-0.39, 0.29) is 12.0 Å². The highest BCUT2D eigenvalue weighted by molar-refractivity contribution is 5.96. The van der Waals surface area contributed by atoms with Crippen LogP contribution in [-0.4, -0.2) is 17.6 Å². The molecule has 0 radical (unpaired) electrons. The summed E-state index contributed by atoms with van der Waals surface area (Å²) in [5, 5.41) is 2.96. The van der Waals surface area contributed by atoms with Gasteiger partial charge in [0.2, 0.25) is 5.91 Å². The van der Waals surface area contributed by atoms with Gasteiger partial charge in [-0.3, -0.25) is 4.79 Å². The zero-order valence-electron chi connectivity index (χ0n) is 14.2. The topological polar surface area (TPSA) is 64.3 Å². The molecule has 1 rings (SSSR count). The summed E-state index contributed by atoms with van der Waals surface area (Å²) in [6.07, 6.45) is 0.127. The van der Waals surface area contributed by atoms with E-state index in [1.807, 2.05) is 66.7 Å². The first-order valence-electron chi connectivity index (χ1n) is 7.33. The molecule has 3 N–H and O–H groups in total. The Labute approximate surface area is 128 Å². The fraction of sp³-hybridized carbons (Fsp3) is 0.588. The van der Waals surface area contributed by atoms with Crippen molar-refractivity contribution in [3.8, 4) is 5.75 Å². The standard InChI is InChI=1S/C17H28N2O2/c1-11(2)21-13-8-9-14(12(3)10-13)19-15(20)16(4,5)17(6,7)18/h8-11H,18H2,1-7H3,(H,19,20). The van der Waals surface area contributed by atoms with E-state index < -0.39 is 11.0 Å². The average molecular weight is 292 g/mol. The first-order chi connectivity index (χ1) is 9.45. The summed E-state index contributed by atoms with van der Waals surface area (Å²) < 4.78 is 5.64. The van der Waals surface area contributed by atoms with Crippen molar-refractivity contribution >= 4 is 11.6 Å². The van der Waals surface area contributed by atoms with Gasteiger partial charge in [0.1, 0.15) is 5.75 Å². The molecule has 0 fully saturated rings. The van der Waals surface area contributed by atoms with Gasteiger partial charge < -0.3 is 15.8 Å². The number of nitrogens with two attached hydrogens (primary N) is 1. The lowest BCUT2D eigenvalue weighted by molar-refractivity contribution is -0.126. The number of benzene rings is 1. The maximum Gasteiger partial charge on any atom is 0.231 e. The van der Waals surface area contributed by atoms with Gasteiger partial charge in [-0.15, -0.1) is 0 Å². The zero-order valence-corrected chi connectivity index (χ0v) is 14.2. The van der Waals surface area contributed by atoms with Gasteiger partial charge in [-0.05, 0) is 72.2 Å². The van der Waals surface area contributed by atoms with Crippen LogP contribution >= 0.6 is 0 Å². The van der Waals surface area contributed by atoms with Crippen molar-refractivity contribution in [2.24, 2.45) is 11.1 Å². The second-order valence-corrected chi connectivity index (χ2v) is 6.94. The van der Waals surface area contributed by atoms with Crippen molar-refractivity contribution in [1.29, 1.82) is 0 Å². The predicted octanol–water partition coefficient (Wildman–Crippen LogP) is 3.48. The molecule has 21 heavy (non-hydrogen) atoms. The van der Waals surface area contributed by atoms with Crippen LogP contribution in [0.5, 0.6) is 5.75 Å². The molecule has 0 unspecified atom stereocenters. The minimum atomic E-state index is -0.674. The molecule has 0 saturated carbocycles. The molecule has 1 aromatic carbocycles. The minimum absolute atomic E-state index is 0.0874. The SMILES string of the molecule is Cc1cc(OC(C)C)ccc1NC(=O)C(C)(C)C(C)(C)N. The van der Waals surface area contributed by atoms with E-state index in [1.165, 1.54) is 0 Å². The zero-order chi connectivity index (χ0) is 16.4. The van der Waals surface area contributed by atoms with Gasteiger partial charge in [0.15, 0.2) is 0 Å². The van der Waals surface area contributed by atoms with Crippen LogP contribution in [-0.2, 0) is 4.79 Å². The van der Waals surface area contributed by atoms with Crippen molar-refractivity contribution in [1.82, 2.24) is 0 Å². The number of aryl methyl sites for hydroxylation is 1. The molecule has 4 heteroatoms. The van der Waals surface area contributed by atoms with E-state index in [1.54, 1.807) is 0 Å². The second kappa shape index (κ2) is 6.06. The lowest BCUT2D eigenvalue weighted by Gasteiger charge is -2.37. The molecule has 0 spiro atoms. The molecule has 0 heterocycles. The third-order valence-electron chi connectivity index (χ3n) is 4.00. The molecular weight excluding hydrogens is 264 g/mol. The number of rotatable bonds is 5. The Morgan fingerprint density at radius 2 is 1.81 bits per heavy atom. The molecule has 4 nitrogen and oxygen atoms in total. The maximum atomic E-state index is 12.5. The van der Waals surface area contributed by atoms with Crippen LogP contribution in [0.4, 0.5) is 5.69 Å². The molecule has 0 saturated heterocycles. The van der Waals surface area contributed by atoms with E-state index in [4.69, 9.17) is 10.5 Å². The van der Waals surface area contributed by atoms with Crippen LogP contribution in [0.3, 0.4) is 0 Å². The van der Waals surface area contributed by atoms with Crippen molar-refractivity contribution < 1.29 is 9.53 Å². The second-order valence-electron chi connectivity index (χ2n) is 6.94. The van der Waals surface area contributed by atoms with Crippen LogP contribution in [0.1, 0.15) is 47.1 Å². The van der Waals surface area contributed by atoms with Gasteiger partial charge >= 0.3 is 0 Å². The summed E-state index contributed by atoms with van der Waals surface area (Å²) in [6.45, 7) is 13.3. The number of anilines is 1. The number of hydrogen-bond donors (Lipinski definition) is 2. The average Bonchev–Trinajstić information content (AvgIpc) is 2.30. The molecule has 1 amide bonds. The monoisotopic (exact) mass is 292 g/mol. The van der Waals surface area contributed by atoms with Crippen LogP contribution in [0, 0.1) is 12.3 Å². The summed E-state index contributed by atoms with van der Waals surface area (Å²) >= 11 is 0. The lowest BCUT2D eigenvalue weighted by Crippen LogP contribution is -2.53. The Bertz CT molecular complexity index is 514. The normalized spacial score (nSPS) is 12.4. The number of ether oxygens (including phenoxy) is 1. The highest BCUT2D eigenvalue weighted by atomic mass is 16.5. The third kappa shape index (κ3) is 4.21. The van der Waals surface area contributed by atoms with E-state index >= 15 is 0 Å². The molecule has 0 aromatic heterocycles. The van der Waals surface area contributed by atoms with Crippen LogP contribution in [0.25, 0.3) is 0 Å². The summed E-state index contributed by atoms with van der Waals surface area (Å²) in [4.78, 5) is 12.5. The maximum absolute atomic E-state index is 12.5. The van der Waals surface area contributed by atoms with Crippen LogP contribution in [0.15, 0.2) is 18.2 Å². The van der Waals surface area contributed by atoms with Crippen LogP contribution < -0.4 is 15.8 Å². The Balaban J connectivity index is 2.92. The molecule has 0 atom stereocenters. The number of nitrogens with one attached hydrogen (secondary N) is 1. The summed E-state index contributed by atoms with van der Waals surface area (Å²) in [6, 6.07) is 5.66. The third-order valence-corrected chi connectivity index (χ3v) is 4.00. The Hall–Kier alpha value is -1.55. The molecule has 0 aliphatic carbocycles. The summed E-state index contributed by atoms with van der Waals surface area (Å²) in [5.41, 5.74) is 6.57. The molecule has 1 aromatic rings. The van der Waals surface area contributed by atoms with Crippen molar-refractivity contribution in [2.75, 3.05) is 5.32 Å². The summed E-state index contributed by atoms with van der Waals surface area (Å²) in [7, 11) is 0. The van der Waals surface area contributed by atoms with Gasteiger partial charge in [0.25, 0.3) is 0 Å². The Morgan fingerprint density at radius 1 is 1.24 bits per heavy atom. The van der Waals surface area contributed by atoms with Gasteiger partial charge in [-0.25, -0.2) is 0 Å². The van der Waals surface area contributed by atoms with Crippen molar-refractivity contribution in [2.45, 2.75) is 60.1 Å². The highest BCUT2D eigenvalue weighted by Crippen LogP contribution is 2.31. The predicted molar refractivity (Wildman–Crippen MR) is 87.6 cm³/mol. The smallest absolute Gasteiger partial charge is 0.231 e. The van der Waals surface area contributed by atoms with E-state index in [9.17, 15) is 4.79 Å². The number of carbonyl (C=O) groups excluding carboxylic acids is 1. The van der Waals surface area contributed by atoms with Gasteiger partial charge in [-0.2, -0.15) is 0 Å². The molecular formula is C17H28N2O2. The van der Waals surface area contributed by atoms with Crippen LogP contribution in [0.2, 0.25) is 0 Å². The first kappa shape index (κ1) is 17.5. The van der Waals surface area contributed by atoms with E-state index in [2.05, 4.69) is 5.32 Å². The van der Waals surface area contributed by atoms with Gasteiger partial charge in [-0.1, -0.05) is 0 Å². The van der Waals surface area contributed by atoms with Gasteiger partial charge in [0.05, 0.1) is 11.5 Å². The molecule has 0 bridgehead atoms. The fourth-order valence-electron chi connectivity index (χ4n) is 1.69. The Kier molecular flexibility index (Phi) is 5.05. The minimum Gasteiger partial charge on any atom is -0.491 e. The quantitative estimate of drug-likeness (QED) is 0.873. The van der Waals surface area contributed by atoms with E-state index in [0.717, 1.165) is 17.0 Å². The van der Waals surface area contributed by atoms with Gasteiger partial charge in [0, 0.05) is 11.2 Å². The van der Waals surface area contributed by atoms with Crippen molar-refractivity contribution in [3.05, 3.63) is 23.8 Å². The number of carbonyl (C=O) groups is 1. The largest absolute Gasteiger partial charge is 0.491 e.